The number of ether oxygens (including phenoxy) is 2. The molecule has 27 heavy (non-hydrogen) atoms. The fraction of sp³-hybridized carbons (Fsp3) is 0.286. The van der Waals surface area contributed by atoms with E-state index in [1.165, 1.54) is 0 Å². The van der Waals surface area contributed by atoms with E-state index in [-0.39, 0.29) is 25.2 Å². The van der Waals surface area contributed by atoms with Gasteiger partial charge in [-0.3, -0.25) is 14.4 Å². The normalized spacial score (nSPS) is 10.1. The maximum Gasteiger partial charge on any atom is 0.306 e. The number of ketones is 1. The summed E-state index contributed by atoms with van der Waals surface area (Å²) in [7, 11) is 0. The van der Waals surface area contributed by atoms with Gasteiger partial charge in [-0.05, 0) is 42.8 Å². The predicted molar refractivity (Wildman–Crippen MR) is 102 cm³/mol. The van der Waals surface area contributed by atoms with Gasteiger partial charge in [-0.25, -0.2) is 0 Å². The number of benzene rings is 2. The number of esters is 1. The first kappa shape index (κ1) is 20.2. The minimum absolute atomic E-state index is 0.0221. The first-order valence-electron chi connectivity index (χ1n) is 8.85. The highest BCUT2D eigenvalue weighted by molar-refractivity contribution is 5.98. The van der Waals surface area contributed by atoms with Crippen LogP contribution in [-0.2, 0) is 14.3 Å². The van der Waals surface area contributed by atoms with Gasteiger partial charge in [0.25, 0.3) is 5.91 Å². The lowest BCUT2D eigenvalue weighted by Gasteiger charge is -2.07. The number of para-hydroxylation sites is 1. The zero-order valence-corrected chi connectivity index (χ0v) is 15.3. The van der Waals surface area contributed by atoms with Crippen LogP contribution < -0.4 is 10.1 Å². The van der Waals surface area contributed by atoms with Crippen LogP contribution in [0.2, 0.25) is 0 Å². The highest BCUT2D eigenvalue weighted by atomic mass is 16.5. The molecule has 0 aromatic heterocycles. The Bertz CT molecular complexity index is 756. The molecule has 0 aliphatic heterocycles. The molecular formula is C21H23NO5. The third kappa shape index (κ3) is 7.32. The fourth-order valence-electron chi connectivity index (χ4n) is 2.25. The Balaban J connectivity index is 1.70. The molecule has 2 aromatic carbocycles. The van der Waals surface area contributed by atoms with Crippen molar-refractivity contribution in [3.05, 3.63) is 60.2 Å². The number of carbonyl (C=O) groups is 3. The van der Waals surface area contributed by atoms with Crippen molar-refractivity contribution in [3.63, 3.8) is 0 Å². The van der Waals surface area contributed by atoms with Crippen molar-refractivity contribution in [1.29, 1.82) is 0 Å². The number of nitrogens with one attached hydrogen (secondary N) is 1. The van der Waals surface area contributed by atoms with Crippen molar-refractivity contribution in [3.8, 4) is 5.75 Å². The monoisotopic (exact) mass is 369 g/mol. The molecule has 0 bridgehead atoms. The molecule has 0 atom stereocenters. The van der Waals surface area contributed by atoms with E-state index in [0.29, 0.717) is 23.6 Å². The average Bonchev–Trinajstić information content (AvgIpc) is 2.70. The number of anilines is 1. The van der Waals surface area contributed by atoms with Crippen LogP contribution in [0.15, 0.2) is 54.6 Å². The molecular weight excluding hydrogens is 346 g/mol. The SMILES string of the molecule is CCCOc1ccc(C(=O)CCC(=O)OCC(=O)Nc2ccccc2)cc1. The lowest BCUT2D eigenvalue weighted by molar-refractivity contribution is -0.147. The molecule has 142 valence electrons. The number of hydrogen-bond acceptors (Lipinski definition) is 5. The summed E-state index contributed by atoms with van der Waals surface area (Å²) in [5, 5.41) is 2.61. The topological polar surface area (TPSA) is 81.7 Å². The maximum absolute atomic E-state index is 12.1. The van der Waals surface area contributed by atoms with Gasteiger partial charge in [0, 0.05) is 17.7 Å². The fourth-order valence-corrected chi connectivity index (χ4v) is 2.25. The van der Waals surface area contributed by atoms with Crippen LogP contribution in [0.25, 0.3) is 0 Å². The van der Waals surface area contributed by atoms with Crippen LogP contribution in [0, 0.1) is 0 Å². The third-order valence-corrected chi connectivity index (χ3v) is 3.63. The van der Waals surface area contributed by atoms with Crippen LogP contribution in [-0.4, -0.2) is 30.9 Å². The van der Waals surface area contributed by atoms with E-state index >= 15 is 0 Å². The van der Waals surface area contributed by atoms with Crippen molar-refractivity contribution in [2.45, 2.75) is 26.2 Å². The largest absolute Gasteiger partial charge is 0.494 e. The maximum atomic E-state index is 12.1. The minimum atomic E-state index is -0.588. The van der Waals surface area contributed by atoms with Crippen LogP contribution >= 0.6 is 0 Å². The Morgan fingerprint density at radius 1 is 0.926 bits per heavy atom. The van der Waals surface area contributed by atoms with E-state index in [0.717, 1.165) is 6.42 Å². The summed E-state index contributed by atoms with van der Waals surface area (Å²) in [6, 6.07) is 15.7. The quantitative estimate of drug-likeness (QED) is 0.511. The molecule has 0 radical (unpaired) electrons. The van der Waals surface area contributed by atoms with Crippen LogP contribution in [0.4, 0.5) is 5.69 Å². The second-order valence-electron chi connectivity index (χ2n) is 5.87. The summed E-state index contributed by atoms with van der Waals surface area (Å²) < 4.78 is 10.4. The molecule has 0 aliphatic rings. The number of amides is 1. The van der Waals surface area contributed by atoms with Gasteiger partial charge >= 0.3 is 5.97 Å². The molecule has 0 spiro atoms. The lowest BCUT2D eigenvalue weighted by atomic mass is 10.1. The summed E-state index contributed by atoms with van der Waals surface area (Å²) in [5.41, 5.74) is 1.13. The molecule has 0 unspecified atom stereocenters. The molecule has 2 rings (SSSR count). The Hall–Kier alpha value is -3.15. The highest BCUT2D eigenvalue weighted by Gasteiger charge is 2.12. The summed E-state index contributed by atoms with van der Waals surface area (Å²) >= 11 is 0. The number of Topliss-reactive ketones (excluding diaryl/α,β-unsaturated/α-hetero) is 1. The Morgan fingerprint density at radius 2 is 1.63 bits per heavy atom. The number of rotatable bonds is 10. The Kier molecular flexibility index (Phi) is 8.03. The van der Waals surface area contributed by atoms with E-state index in [2.05, 4.69) is 5.32 Å². The summed E-state index contributed by atoms with van der Waals surface area (Å²) in [6.07, 6.45) is 0.853. The Labute approximate surface area is 158 Å². The number of hydrogen-bond donors (Lipinski definition) is 1. The zero-order valence-electron chi connectivity index (χ0n) is 15.3. The van der Waals surface area contributed by atoms with Crippen molar-refractivity contribution < 1.29 is 23.9 Å². The first-order chi connectivity index (χ1) is 13.1. The molecule has 0 fully saturated rings. The molecule has 2 aromatic rings. The van der Waals surface area contributed by atoms with E-state index in [4.69, 9.17) is 9.47 Å². The molecule has 6 heteroatoms. The van der Waals surface area contributed by atoms with Gasteiger partial charge in [0.1, 0.15) is 5.75 Å². The zero-order chi connectivity index (χ0) is 19.5. The predicted octanol–water partition coefficient (Wildman–Crippen LogP) is 3.62. The van der Waals surface area contributed by atoms with Gasteiger partial charge in [0.2, 0.25) is 0 Å². The molecule has 0 aliphatic carbocycles. The van der Waals surface area contributed by atoms with Crippen molar-refractivity contribution in [1.82, 2.24) is 0 Å². The van der Waals surface area contributed by atoms with Gasteiger partial charge in [0.05, 0.1) is 13.0 Å². The van der Waals surface area contributed by atoms with Crippen molar-refractivity contribution >= 4 is 23.3 Å². The van der Waals surface area contributed by atoms with Gasteiger partial charge in [-0.1, -0.05) is 25.1 Å². The average molecular weight is 369 g/mol. The molecule has 0 saturated carbocycles. The Morgan fingerprint density at radius 3 is 2.30 bits per heavy atom. The van der Waals surface area contributed by atoms with Crippen molar-refractivity contribution in [2.24, 2.45) is 0 Å². The van der Waals surface area contributed by atoms with E-state index in [1.807, 2.05) is 13.0 Å². The summed E-state index contributed by atoms with van der Waals surface area (Å²) in [6.45, 7) is 2.25. The molecule has 0 saturated heterocycles. The first-order valence-corrected chi connectivity index (χ1v) is 8.85. The van der Waals surface area contributed by atoms with Crippen molar-refractivity contribution in [2.75, 3.05) is 18.5 Å². The van der Waals surface area contributed by atoms with Crippen LogP contribution in [0.5, 0.6) is 5.75 Å². The molecule has 1 amide bonds. The van der Waals surface area contributed by atoms with Crippen LogP contribution in [0.3, 0.4) is 0 Å². The van der Waals surface area contributed by atoms with Gasteiger partial charge < -0.3 is 14.8 Å². The molecule has 0 heterocycles. The minimum Gasteiger partial charge on any atom is -0.494 e. The second-order valence-corrected chi connectivity index (χ2v) is 5.87. The van der Waals surface area contributed by atoms with Crippen LogP contribution in [0.1, 0.15) is 36.5 Å². The van der Waals surface area contributed by atoms with Gasteiger partial charge in [-0.15, -0.1) is 0 Å². The van der Waals surface area contributed by atoms with E-state index < -0.39 is 11.9 Å². The van der Waals surface area contributed by atoms with Gasteiger partial charge in [-0.2, -0.15) is 0 Å². The summed E-state index contributed by atoms with van der Waals surface area (Å²) in [5.74, 6) is -0.474. The molecule has 6 nitrogen and oxygen atoms in total. The van der Waals surface area contributed by atoms with Gasteiger partial charge in [0.15, 0.2) is 12.4 Å². The summed E-state index contributed by atoms with van der Waals surface area (Å²) in [4.78, 5) is 35.6. The molecule has 1 N–H and O–H groups in total. The lowest BCUT2D eigenvalue weighted by Crippen LogP contribution is -2.21. The van der Waals surface area contributed by atoms with E-state index in [9.17, 15) is 14.4 Å². The second kappa shape index (κ2) is 10.8. The third-order valence-electron chi connectivity index (χ3n) is 3.63. The standard InChI is InChI=1S/C21H23NO5/c1-2-14-26-18-10-8-16(9-11-18)19(23)12-13-21(25)27-15-20(24)22-17-6-4-3-5-7-17/h3-11H,2,12-15H2,1H3,(H,22,24). The number of carbonyl (C=O) groups excluding carboxylic acids is 3. The van der Waals surface area contributed by atoms with E-state index in [1.54, 1.807) is 48.5 Å². The smallest absolute Gasteiger partial charge is 0.306 e. The highest BCUT2D eigenvalue weighted by Crippen LogP contribution is 2.14.